The van der Waals surface area contributed by atoms with Crippen LogP contribution in [0.1, 0.15) is 40.1 Å². The van der Waals surface area contributed by atoms with Crippen LogP contribution >= 0.6 is 0 Å². The van der Waals surface area contributed by atoms with Crippen molar-refractivity contribution < 1.29 is 27.5 Å². The molecule has 3 rings (SSSR count). The molecule has 0 saturated carbocycles. The van der Waals surface area contributed by atoms with Crippen molar-refractivity contribution in [3.63, 3.8) is 0 Å². The highest BCUT2D eigenvalue weighted by molar-refractivity contribution is 7.89. The van der Waals surface area contributed by atoms with E-state index in [9.17, 15) is 18.0 Å². The maximum absolute atomic E-state index is 13.1. The third kappa shape index (κ3) is 5.70. The normalized spacial score (nSPS) is 14.5. The van der Waals surface area contributed by atoms with Crippen molar-refractivity contribution in [3.05, 3.63) is 53.1 Å². The Bertz CT molecular complexity index is 1130. The molecule has 0 atom stereocenters. The largest absolute Gasteiger partial charge is 0.462 e. The Hall–Kier alpha value is -2.95. The number of carbonyl (C=O) groups excluding carboxylic acids is 2. The van der Waals surface area contributed by atoms with E-state index in [0.29, 0.717) is 42.3 Å². The van der Waals surface area contributed by atoms with E-state index in [1.54, 1.807) is 38.1 Å². The molecular weight excluding hydrogens is 446 g/mol. The van der Waals surface area contributed by atoms with Crippen molar-refractivity contribution in [2.24, 2.45) is 0 Å². The van der Waals surface area contributed by atoms with Crippen LogP contribution in [0.15, 0.2) is 41.3 Å². The topological polar surface area (TPSA) is 114 Å². The van der Waals surface area contributed by atoms with Crippen LogP contribution in [0.5, 0.6) is 0 Å². The maximum Gasteiger partial charge on any atom is 0.338 e. The van der Waals surface area contributed by atoms with E-state index in [4.69, 9.17) is 9.47 Å². The summed E-state index contributed by atoms with van der Waals surface area (Å²) in [5.74, 6) is -0.987. The van der Waals surface area contributed by atoms with E-state index in [0.717, 1.165) is 0 Å². The summed E-state index contributed by atoms with van der Waals surface area (Å²) in [6.07, 6.45) is 0. The van der Waals surface area contributed by atoms with Crippen molar-refractivity contribution in [2.75, 3.05) is 50.1 Å². The van der Waals surface area contributed by atoms with Crippen LogP contribution in [-0.4, -0.2) is 64.1 Å². The highest BCUT2D eigenvalue weighted by atomic mass is 32.2. The number of amides is 1. The predicted octanol–water partition coefficient (Wildman–Crippen LogP) is 2.88. The van der Waals surface area contributed by atoms with Crippen molar-refractivity contribution in [3.8, 4) is 0 Å². The SMILES string of the molecule is CCNc1ccc(C(=O)OCC)cc1NC(=O)c1ccc(C)c(S(=O)(=O)N2CCOCC2)c1. The number of hydrogen-bond donors (Lipinski definition) is 2. The number of hydrogen-bond acceptors (Lipinski definition) is 7. The molecule has 10 heteroatoms. The van der Waals surface area contributed by atoms with E-state index >= 15 is 0 Å². The first-order valence-electron chi connectivity index (χ1n) is 10.8. The zero-order valence-electron chi connectivity index (χ0n) is 19.0. The smallest absolute Gasteiger partial charge is 0.338 e. The molecular formula is C23H29N3O6S. The number of ether oxygens (including phenoxy) is 2. The fourth-order valence-electron chi connectivity index (χ4n) is 3.47. The number of benzene rings is 2. The Morgan fingerprint density at radius 2 is 1.73 bits per heavy atom. The first-order valence-corrected chi connectivity index (χ1v) is 12.3. The van der Waals surface area contributed by atoms with Gasteiger partial charge in [-0.05, 0) is 56.7 Å². The number of carbonyl (C=O) groups is 2. The third-order valence-electron chi connectivity index (χ3n) is 5.18. The van der Waals surface area contributed by atoms with Gasteiger partial charge in [0.1, 0.15) is 0 Å². The van der Waals surface area contributed by atoms with Crippen LogP contribution in [0.4, 0.5) is 11.4 Å². The molecule has 9 nitrogen and oxygen atoms in total. The van der Waals surface area contributed by atoms with Crippen LogP contribution in [0.3, 0.4) is 0 Å². The molecule has 1 aliphatic rings. The highest BCUT2D eigenvalue weighted by Gasteiger charge is 2.28. The highest BCUT2D eigenvalue weighted by Crippen LogP contribution is 2.26. The number of morpholine rings is 1. The summed E-state index contributed by atoms with van der Waals surface area (Å²) in [5.41, 5.74) is 2.07. The molecule has 0 aromatic heterocycles. The molecule has 0 aliphatic carbocycles. The van der Waals surface area contributed by atoms with E-state index in [1.807, 2.05) is 6.92 Å². The number of nitrogens with zero attached hydrogens (tertiary/aromatic N) is 1. The molecule has 1 saturated heterocycles. The Kier molecular flexibility index (Phi) is 8.06. The van der Waals surface area contributed by atoms with E-state index < -0.39 is 21.9 Å². The quantitative estimate of drug-likeness (QED) is 0.564. The van der Waals surface area contributed by atoms with Gasteiger partial charge >= 0.3 is 5.97 Å². The van der Waals surface area contributed by atoms with Gasteiger partial charge in [-0.15, -0.1) is 0 Å². The zero-order chi connectivity index (χ0) is 24.0. The van der Waals surface area contributed by atoms with E-state index in [1.165, 1.54) is 16.4 Å². The van der Waals surface area contributed by atoms with Gasteiger partial charge in [0.25, 0.3) is 5.91 Å². The van der Waals surface area contributed by atoms with Gasteiger partial charge < -0.3 is 20.1 Å². The van der Waals surface area contributed by atoms with Crippen LogP contribution in [-0.2, 0) is 19.5 Å². The molecule has 0 spiro atoms. The Labute approximate surface area is 194 Å². The van der Waals surface area contributed by atoms with Crippen LogP contribution in [0, 0.1) is 6.92 Å². The number of anilines is 2. The van der Waals surface area contributed by atoms with Crippen molar-refractivity contribution in [1.29, 1.82) is 0 Å². The van der Waals surface area contributed by atoms with Crippen molar-refractivity contribution in [1.82, 2.24) is 4.31 Å². The van der Waals surface area contributed by atoms with Gasteiger partial charge in [-0.2, -0.15) is 4.31 Å². The predicted molar refractivity (Wildman–Crippen MR) is 125 cm³/mol. The lowest BCUT2D eigenvalue weighted by atomic mass is 10.1. The monoisotopic (exact) mass is 475 g/mol. The molecule has 2 aromatic carbocycles. The summed E-state index contributed by atoms with van der Waals surface area (Å²) < 4.78 is 37.9. The molecule has 33 heavy (non-hydrogen) atoms. The zero-order valence-corrected chi connectivity index (χ0v) is 19.8. The van der Waals surface area contributed by atoms with Crippen molar-refractivity contribution >= 4 is 33.3 Å². The number of rotatable bonds is 8. The first kappa shape index (κ1) is 24.7. The van der Waals surface area contributed by atoms with Gasteiger partial charge in [-0.3, -0.25) is 4.79 Å². The fraction of sp³-hybridized carbons (Fsp3) is 0.391. The van der Waals surface area contributed by atoms with E-state index in [-0.39, 0.29) is 30.2 Å². The molecule has 1 fully saturated rings. The molecule has 1 aliphatic heterocycles. The standard InChI is InChI=1S/C23H29N3O6S/c1-4-24-19-9-8-18(23(28)32-5-2)14-20(19)25-22(27)17-7-6-16(3)21(15-17)33(29,30)26-10-12-31-13-11-26/h6-9,14-15,24H,4-5,10-13H2,1-3H3,(H,25,27). The summed E-state index contributed by atoms with van der Waals surface area (Å²) in [4.78, 5) is 25.3. The van der Waals surface area contributed by atoms with Gasteiger partial charge in [-0.1, -0.05) is 6.07 Å². The fourth-order valence-corrected chi connectivity index (χ4v) is 5.13. The summed E-state index contributed by atoms with van der Waals surface area (Å²) in [6, 6.07) is 9.41. The second-order valence-electron chi connectivity index (χ2n) is 7.46. The van der Waals surface area contributed by atoms with E-state index in [2.05, 4.69) is 10.6 Å². The second kappa shape index (κ2) is 10.8. The minimum atomic E-state index is -3.76. The van der Waals surface area contributed by atoms with Crippen LogP contribution < -0.4 is 10.6 Å². The molecule has 2 aromatic rings. The molecule has 0 bridgehead atoms. The number of nitrogens with one attached hydrogen (secondary N) is 2. The van der Waals surface area contributed by atoms with Gasteiger partial charge in [-0.25, -0.2) is 13.2 Å². The summed E-state index contributed by atoms with van der Waals surface area (Å²) in [6.45, 7) is 7.37. The van der Waals surface area contributed by atoms with Gasteiger partial charge in [0.2, 0.25) is 10.0 Å². The third-order valence-corrected chi connectivity index (χ3v) is 7.22. The Morgan fingerprint density at radius 1 is 1.03 bits per heavy atom. The number of aryl methyl sites for hydroxylation is 1. The van der Waals surface area contributed by atoms with Gasteiger partial charge in [0.05, 0.1) is 41.7 Å². The second-order valence-corrected chi connectivity index (χ2v) is 9.37. The average Bonchev–Trinajstić information content (AvgIpc) is 2.81. The average molecular weight is 476 g/mol. The minimum Gasteiger partial charge on any atom is -0.462 e. The first-order chi connectivity index (χ1) is 15.8. The van der Waals surface area contributed by atoms with Crippen LogP contribution in [0.2, 0.25) is 0 Å². The van der Waals surface area contributed by atoms with Crippen molar-refractivity contribution in [2.45, 2.75) is 25.7 Å². The number of esters is 1. The minimum absolute atomic E-state index is 0.0873. The van der Waals surface area contributed by atoms with Gasteiger partial charge in [0.15, 0.2) is 0 Å². The van der Waals surface area contributed by atoms with Gasteiger partial charge in [0, 0.05) is 25.2 Å². The Balaban J connectivity index is 1.91. The van der Waals surface area contributed by atoms with Crippen LogP contribution in [0.25, 0.3) is 0 Å². The number of sulfonamides is 1. The summed E-state index contributed by atoms with van der Waals surface area (Å²) >= 11 is 0. The summed E-state index contributed by atoms with van der Waals surface area (Å²) in [7, 11) is -3.76. The Morgan fingerprint density at radius 3 is 2.39 bits per heavy atom. The lowest BCUT2D eigenvalue weighted by Gasteiger charge is -2.26. The molecule has 178 valence electrons. The molecule has 0 radical (unpaired) electrons. The molecule has 1 heterocycles. The molecule has 2 N–H and O–H groups in total. The lowest BCUT2D eigenvalue weighted by Crippen LogP contribution is -2.40. The molecule has 1 amide bonds. The maximum atomic E-state index is 13.1. The molecule has 0 unspecified atom stereocenters. The summed E-state index contributed by atoms with van der Waals surface area (Å²) in [5, 5.41) is 5.93. The lowest BCUT2D eigenvalue weighted by molar-refractivity contribution is 0.0526.